The van der Waals surface area contributed by atoms with Crippen molar-refractivity contribution in [2.24, 2.45) is 0 Å². The molecule has 0 spiro atoms. The van der Waals surface area contributed by atoms with E-state index in [0.717, 1.165) is 5.56 Å². The molecule has 0 aliphatic rings. The maximum absolute atomic E-state index is 11.9. The molecule has 1 atom stereocenters. The summed E-state index contributed by atoms with van der Waals surface area (Å²) in [5, 5.41) is 3.49. The molecule has 3 nitrogen and oxygen atoms in total. The van der Waals surface area contributed by atoms with Gasteiger partial charge in [0.05, 0.1) is 6.04 Å². The van der Waals surface area contributed by atoms with Gasteiger partial charge in [-0.2, -0.15) is 0 Å². The van der Waals surface area contributed by atoms with Crippen molar-refractivity contribution in [3.05, 3.63) is 58.5 Å². The molecule has 0 aliphatic carbocycles. The van der Waals surface area contributed by atoms with Crippen LogP contribution in [0.3, 0.4) is 0 Å². The molecule has 1 heterocycles. The van der Waals surface area contributed by atoms with Crippen LogP contribution in [0.5, 0.6) is 0 Å². The van der Waals surface area contributed by atoms with E-state index in [1.807, 2.05) is 25.1 Å². The second-order valence-electron chi connectivity index (χ2n) is 4.13. The number of carbonyl (C=O) groups excluding carboxylic acids is 1. The van der Waals surface area contributed by atoms with Crippen LogP contribution in [-0.4, -0.2) is 5.91 Å². The molecular weight excluding hydrogens is 250 g/mol. The highest BCUT2D eigenvalue weighted by atomic mass is 35.5. The first-order valence-corrected chi connectivity index (χ1v) is 6.07. The zero-order chi connectivity index (χ0) is 13.1. The van der Waals surface area contributed by atoms with Gasteiger partial charge in [-0.1, -0.05) is 29.8 Å². The molecule has 2 aromatic rings. The van der Waals surface area contributed by atoms with Gasteiger partial charge >= 0.3 is 0 Å². The molecule has 1 N–H and O–H groups in total. The van der Waals surface area contributed by atoms with Crippen LogP contribution in [0.1, 0.15) is 34.8 Å². The molecule has 0 saturated heterocycles. The fourth-order valence-electron chi connectivity index (χ4n) is 1.73. The van der Waals surface area contributed by atoms with E-state index in [4.69, 9.17) is 16.0 Å². The summed E-state index contributed by atoms with van der Waals surface area (Å²) in [7, 11) is 0. The minimum Gasteiger partial charge on any atom is -0.456 e. The molecule has 1 unspecified atom stereocenters. The number of nitrogens with one attached hydrogen (secondary N) is 1. The van der Waals surface area contributed by atoms with E-state index in [2.05, 4.69) is 5.32 Å². The quantitative estimate of drug-likeness (QED) is 0.917. The van der Waals surface area contributed by atoms with Gasteiger partial charge in [0.25, 0.3) is 5.91 Å². The number of amides is 1. The third-order valence-corrected chi connectivity index (χ3v) is 3.03. The molecule has 1 aromatic heterocycles. The smallest absolute Gasteiger partial charge is 0.287 e. The van der Waals surface area contributed by atoms with Gasteiger partial charge in [-0.05, 0) is 37.6 Å². The Labute approximate surface area is 111 Å². The van der Waals surface area contributed by atoms with E-state index in [-0.39, 0.29) is 11.9 Å². The van der Waals surface area contributed by atoms with Gasteiger partial charge in [0.15, 0.2) is 5.76 Å². The molecule has 2 rings (SSSR count). The van der Waals surface area contributed by atoms with E-state index in [1.54, 1.807) is 25.1 Å². The largest absolute Gasteiger partial charge is 0.456 e. The average Bonchev–Trinajstić information content (AvgIpc) is 2.76. The number of furan rings is 1. The van der Waals surface area contributed by atoms with E-state index in [0.29, 0.717) is 16.5 Å². The number of hydrogen-bond acceptors (Lipinski definition) is 2. The van der Waals surface area contributed by atoms with Crippen LogP contribution in [0.25, 0.3) is 0 Å². The first-order valence-electron chi connectivity index (χ1n) is 5.69. The average molecular weight is 264 g/mol. The topological polar surface area (TPSA) is 42.2 Å². The number of aryl methyl sites for hydroxylation is 1. The number of rotatable bonds is 3. The zero-order valence-electron chi connectivity index (χ0n) is 10.2. The Balaban J connectivity index is 2.10. The monoisotopic (exact) mass is 263 g/mol. The van der Waals surface area contributed by atoms with Crippen LogP contribution in [0, 0.1) is 6.92 Å². The van der Waals surface area contributed by atoms with Crippen LogP contribution >= 0.6 is 11.6 Å². The molecule has 0 radical (unpaired) electrons. The lowest BCUT2D eigenvalue weighted by Gasteiger charge is -2.14. The molecule has 0 bridgehead atoms. The molecular formula is C14H14ClNO2. The van der Waals surface area contributed by atoms with Crippen molar-refractivity contribution in [3.8, 4) is 0 Å². The summed E-state index contributed by atoms with van der Waals surface area (Å²) < 4.78 is 5.27. The van der Waals surface area contributed by atoms with Crippen LogP contribution in [0.4, 0.5) is 0 Å². The number of hydrogen-bond donors (Lipinski definition) is 1. The molecule has 0 aliphatic heterocycles. The van der Waals surface area contributed by atoms with Gasteiger partial charge in [-0.15, -0.1) is 0 Å². The van der Waals surface area contributed by atoms with Crippen LogP contribution < -0.4 is 5.32 Å². The van der Waals surface area contributed by atoms with Crippen molar-refractivity contribution in [1.29, 1.82) is 0 Å². The third kappa shape index (κ3) is 2.74. The van der Waals surface area contributed by atoms with E-state index in [1.165, 1.54) is 0 Å². The predicted octanol–water partition coefficient (Wildman–Crippen LogP) is 3.73. The Hall–Kier alpha value is -1.74. The van der Waals surface area contributed by atoms with Crippen LogP contribution in [0.15, 0.2) is 40.8 Å². The van der Waals surface area contributed by atoms with E-state index in [9.17, 15) is 4.79 Å². The second-order valence-corrected chi connectivity index (χ2v) is 4.53. The van der Waals surface area contributed by atoms with Crippen molar-refractivity contribution < 1.29 is 9.21 Å². The van der Waals surface area contributed by atoms with Crippen molar-refractivity contribution in [2.75, 3.05) is 0 Å². The highest BCUT2D eigenvalue weighted by Gasteiger charge is 2.15. The summed E-state index contributed by atoms with van der Waals surface area (Å²) in [4.78, 5) is 11.9. The molecule has 0 saturated carbocycles. The van der Waals surface area contributed by atoms with Crippen LogP contribution in [-0.2, 0) is 0 Å². The van der Waals surface area contributed by atoms with Gasteiger partial charge in [0, 0.05) is 5.02 Å². The SMILES string of the molecule is Cc1ccc(C(=O)NC(C)c2ccccc2Cl)o1. The predicted molar refractivity (Wildman–Crippen MR) is 70.8 cm³/mol. The molecule has 1 amide bonds. The minimum atomic E-state index is -0.240. The molecule has 18 heavy (non-hydrogen) atoms. The second kappa shape index (κ2) is 5.27. The summed E-state index contributed by atoms with van der Waals surface area (Å²) in [5.74, 6) is 0.785. The van der Waals surface area contributed by atoms with Crippen molar-refractivity contribution in [3.63, 3.8) is 0 Å². The molecule has 1 aromatic carbocycles. The standard InChI is InChI=1S/C14H14ClNO2/c1-9-7-8-13(18-9)14(17)16-10(2)11-5-3-4-6-12(11)15/h3-8,10H,1-2H3,(H,16,17). The van der Waals surface area contributed by atoms with Gasteiger partial charge < -0.3 is 9.73 Å². The van der Waals surface area contributed by atoms with Crippen molar-refractivity contribution in [1.82, 2.24) is 5.32 Å². The lowest BCUT2D eigenvalue weighted by Crippen LogP contribution is -2.26. The molecule has 94 valence electrons. The Kier molecular flexibility index (Phi) is 3.72. The third-order valence-electron chi connectivity index (χ3n) is 2.68. The highest BCUT2D eigenvalue weighted by Crippen LogP contribution is 2.22. The van der Waals surface area contributed by atoms with Gasteiger partial charge in [-0.25, -0.2) is 0 Å². The van der Waals surface area contributed by atoms with Gasteiger partial charge in [-0.3, -0.25) is 4.79 Å². The zero-order valence-corrected chi connectivity index (χ0v) is 11.0. The van der Waals surface area contributed by atoms with E-state index < -0.39 is 0 Å². The number of benzene rings is 1. The Bertz CT molecular complexity index is 562. The van der Waals surface area contributed by atoms with Gasteiger partial charge in [0.2, 0.25) is 0 Å². The lowest BCUT2D eigenvalue weighted by molar-refractivity contribution is 0.0910. The molecule has 4 heteroatoms. The Morgan fingerprint density at radius 2 is 2.00 bits per heavy atom. The Morgan fingerprint density at radius 3 is 2.61 bits per heavy atom. The van der Waals surface area contributed by atoms with E-state index >= 15 is 0 Å². The van der Waals surface area contributed by atoms with Crippen LogP contribution in [0.2, 0.25) is 5.02 Å². The first-order chi connectivity index (χ1) is 8.58. The summed E-state index contributed by atoms with van der Waals surface area (Å²) in [6.07, 6.45) is 0. The fraction of sp³-hybridized carbons (Fsp3) is 0.214. The summed E-state index contributed by atoms with van der Waals surface area (Å²) in [6.45, 7) is 3.68. The summed E-state index contributed by atoms with van der Waals surface area (Å²) in [6, 6.07) is 10.7. The minimum absolute atomic E-state index is 0.170. The number of halogens is 1. The fourth-order valence-corrected chi connectivity index (χ4v) is 2.03. The maximum Gasteiger partial charge on any atom is 0.287 e. The highest BCUT2D eigenvalue weighted by molar-refractivity contribution is 6.31. The number of carbonyl (C=O) groups is 1. The summed E-state index contributed by atoms with van der Waals surface area (Å²) in [5.41, 5.74) is 0.885. The normalized spacial score (nSPS) is 12.2. The van der Waals surface area contributed by atoms with Crippen molar-refractivity contribution in [2.45, 2.75) is 19.9 Å². The van der Waals surface area contributed by atoms with Crippen molar-refractivity contribution >= 4 is 17.5 Å². The Morgan fingerprint density at radius 1 is 1.28 bits per heavy atom. The lowest BCUT2D eigenvalue weighted by atomic mass is 10.1. The maximum atomic E-state index is 11.9. The summed E-state index contributed by atoms with van der Waals surface area (Å²) >= 11 is 6.08. The first kappa shape index (κ1) is 12.7. The van der Waals surface area contributed by atoms with Gasteiger partial charge in [0.1, 0.15) is 5.76 Å². The molecule has 0 fully saturated rings.